The van der Waals surface area contributed by atoms with Gasteiger partial charge >= 0.3 is 0 Å². The first kappa shape index (κ1) is 14.2. The third-order valence-electron chi connectivity index (χ3n) is 4.17. The number of fused-ring (bicyclic) bond motifs is 1. The Morgan fingerprint density at radius 3 is 2.67 bits per heavy atom. The number of hydrogen-bond acceptors (Lipinski definition) is 5. The maximum atomic E-state index is 5.72. The van der Waals surface area contributed by atoms with Gasteiger partial charge < -0.3 is 10.6 Å². The lowest BCUT2D eigenvalue weighted by Crippen LogP contribution is -2.48. The number of anilines is 1. The number of piperazine rings is 1. The SMILES string of the molecule is CC(CN)CN1CCN(c2ncnc3ccccc23)CC1. The van der Waals surface area contributed by atoms with E-state index in [0.717, 1.165) is 56.0 Å². The van der Waals surface area contributed by atoms with Gasteiger partial charge in [-0.05, 0) is 24.6 Å². The predicted molar refractivity (Wildman–Crippen MR) is 86.4 cm³/mol. The van der Waals surface area contributed by atoms with Crippen molar-refractivity contribution in [1.82, 2.24) is 14.9 Å². The van der Waals surface area contributed by atoms with Gasteiger partial charge in [-0.2, -0.15) is 0 Å². The van der Waals surface area contributed by atoms with Crippen LogP contribution in [-0.2, 0) is 0 Å². The first-order chi connectivity index (χ1) is 10.3. The van der Waals surface area contributed by atoms with E-state index in [1.807, 2.05) is 18.2 Å². The molecule has 3 rings (SSSR count). The van der Waals surface area contributed by atoms with Gasteiger partial charge in [0.2, 0.25) is 0 Å². The van der Waals surface area contributed by atoms with Gasteiger partial charge in [0.15, 0.2) is 0 Å². The van der Waals surface area contributed by atoms with Crippen molar-refractivity contribution in [2.75, 3.05) is 44.2 Å². The van der Waals surface area contributed by atoms with E-state index in [-0.39, 0.29) is 0 Å². The molecule has 5 nitrogen and oxygen atoms in total. The second kappa shape index (κ2) is 6.37. The molecule has 1 aliphatic heterocycles. The lowest BCUT2D eigenvalue weighted by molar-refractivity contribution is 0.227. The Hall–Kier alpha value is -1.72. The van der Waals surface area contributed by atoms with Crippen molar-refractivity contribution in [3.05, 3.63) is 30.6 Å². The van der Waals surface area contributed by atoms with Crippen LogP contribution in [0.4, 0.5) is 5.82 Å². The first-order valence-electron chi connectivity index (χ1n) is 7.65. The summed E-state index contributed by atoms with van der Waals surface area (Å²) >= 11 is 0. The average molecular weight is 285 g/mol. The summed E-state index contributed by atoms with van der Waals surface area (Å²) in [4.78, 5) is 13.7. The highest BCUT2D eigenvalue weighted by atomic mass is 15.3. The van der Waals surface area contributed by atoms with Crippen molar-refractivity contribution >= 4 is 16.7 Å². The minimum atomic E-state index is 0.566. The molecule has 0 saturated carbocycles. The fourth-order valence-corrected chi connectivity index (χ4v) is 2.90. The number of rotatable bonds is 4. The molecule has 0 aliphatic carbocycles. The minimum Gasteiger partial charge on any atom is -0.353 e. The molecule has 5 heteroatoms. The highest BCUT2D eigenvalue weighted by Gasteiger charge is 2.20. The lowest BCUT2D eigenvalue weighted by Gasteiger charge is -2.36. The van der Waals surface area contributed by atoms with Crippen LogP contribution in [0.25, 0.3) is 10.9 Å². The molecule has 2 heterocycles. The Morgan fingerprint density at radius 2 is 1.90 bits per heavy atom. The Bertz CT molecular complexity index is 587. The van der Waals surface area contributed by atoms with Crippen LogP contribution in [0.3, 0.4) is 0 Å². The minimum absolute atomic E-state index is 0.566. The largest absolute Gasteiger partial charge is 0.353 e. The zero-order chi connectivity index (χ0) is 14.7. The van der Waals surface area contributed by atoms with Gasteiger partial charge in [-0.3, -0.25) is 4.90 Å². The molecule has 1 aromatic carbocycles. The number of nitrogens with two attached hydrogens (primary N) is 1. The van der Waals surface area contributed by atoms with Crippen molar-refractivity contribution < 1.29 is 0 Å². The highest BCUT2D eigenvalue weighted by Crippen LogP contribution is 2.23. The fraction of sp³-hybridized carbons (Fsp3) is 0.500. The standard InChI is InChI=1S/C16H23N5/c1-13(10-17)11-20-6-8-21(9-7-20)16-14-4-2-3-5-15(14)18-12-19-16/h2-5,12-13H,6-11,17H2,1H3. The van der Waals surface area contributed by atoms with Gasteiger partial charge in [-0.15, -0.1) is 0 Å². The van der Waals surface area contributed by atoms with Crippen LogP contribution < -0.4 is 10.6 Å². The van der Waals surface area contributed by atoms with Crippen LogP contribution in [0.1, 0.15) is 6.92 Å². The molecule has 1 fully saturated rings. The Labute approximate surface area is 125 Å². The summed E-state index contributed by atoms with van der Waals surface area (Å²) < 4.78 is 0. The molecular weight excluding hydrogens is 262 g/mol. The van der Waals surface area contributed by atoms with Crippen LogP contribution in [0, 0.1) is 5.92 Å². The molecule has 1 atom stereocenters. The summed E-state index contributed by atoms with van der Waals surface area (Å²) in [6.07, 6.45) is 1.67. The van der Waals surface area contributed by atoms with Gasteiger partial charge in [0.05, 0.1) is 5.52 Å². The first-order valence-corrected chi connectivity index (χ1v) is 7.65. The second-order valence-corrected chi connectivity index (χ2v) is 5.84. The van der Waals surface area contributed by atoms with Crippen molar-refractivity contribution in [2.24, 2.45) is 11.7 Å². The lowest BCUT2D eigenvalue weighted by atomic mass is 10.1. The highest BCUT2D eigenvalue weighted by molar-refractivity contribution is 5.89. The zero-order valence-corrected chi connectivity index (χ0v) is 12.6. The van der Waals surface area contributed by atoms with Gasteiger partial charge in [0.25, 0.3) is 0 Å². The maximum Gasteiger partial charge on any atom is 0.139 e. The normalized spacial score (nSPS) is 18.1. The summed E-state index contributed by atoms with van der Waals surface area (Å²) in [6.45, 7) is 8.23. The van der Waals surface area contributed by atoms with E-state index in [9.17, 15) is 0 Å². The summed E-state index contributed by atoms with van der Waals surface area (Å²) in [6, 6.07) is 8.22. The Balaban J connectivity index is 1.71. The molecule has 0 radical (unpaired) electrons. The van der Waals surface area contributed by atoms with Crippen LogP contribution in [0.2, 0.25) is 0 Å². The van der Waals surface area contributed by atoms with Gasteiger partial charge in [0, 0.05) is 38.1 Å². The second-order valence-electron chi connectivity index (χ2n) is 5.84. The molecular formula is C16H23N5. The summed E-state index contributed by atoms with van der Waals surface area (Å²) in [5.74, 6) is 1.63. The molecule has 0 spiro atoms. The fourth-order valence-electron chi connectivity index (χ4n) is 2.90. The zero-order valence-electron chi connectivity index (χ0n) is 12.6. The van der Waals surface area contributed by atoms with E-state index in [0.29, 0.717) is 5.92 Å². The number of benzene rings is 1. The molecule has 0 bridgehead atoms. The third kappa shape index (κ3) is 3.14. The third-order valence-corrected chi connectivity index (χ3v) is 4.17. The van der Waals surface area contributed by atoms with E-state index < -0.39 is 0 Å². The molecule has 112 valence electrons. The number of nitrogens with zero attached hydrogens (tertiary/aromatic N) is 4. The molecule has 21 heavy (non-hydrogen) atoms. The smallest absolute Gasteiger partial charge is 0.139 e. The van der Waals surface area contributed by atoms with Crippen molar-refractivity contribution in [2.45, 2.75) is 6.92 Å². The van der Waals surface area contributed by atoms with Gasteiger partial charge in [-0.25, -0.2) is 9.97 Å². The molecule has 2 N–H and O–H groups in total. The Kier molecular flexibility index (Phi) is 4.31. The molecule has 1 aliphatic rings. The van der Waals surface area contributed by atoms with E-state index in [1.165, 1.54) is 0 Å². The maximum absolute atomic E-state index is 5.72. The van der Waals surface area contributed by atoms with Crippen molar-refractivity contribution in [1.29, 1.82) is 0 Å². The van der Waals surface area contributed by atoms with Crippen molar-refractivity contribution in [3.8, 4) is 0 Å². The van der Waals surface area contributed by atoms with E-state index >= 15 is 0 Å². The van der Waals surface area contributed by atoms with E-state index in [1.54, 1.807) is 6.33 Å². The van der Waals surface area contributed by atoms with E-state index in [4.69, 9.17) is 5.73 Å². The van der Waals surface area contributed by atoms with E-state index in [2.05, 4.69) is 32.8 Å². The number of hydrogen-bond donors (Lipinski definition) is 1. The quantitative estimate of drug-likeness (QED) is 0.919. The monoisotopic (exact) mass is 285 g/mol. The Morgan fingerprint density at radius 1 is 1.14 bits per heavy atom. The summed E-state index contributed by atoms with van der Waals surface area (Å²) in [7, 11) is 0. The van der Waals surface area contributed by atoms with Crippen LogP contribution in [0.5, 0.6) is 0 Å². The molecule has 1 unspecified atom stereocenters. The molecule has 1 aromatic heterocycles. The number of para-hydroxylation sites is 1. The predicted octanol–water partition coefficient (Wildman–Crippen LogP) is 1.35. The summed E-state index contributed by atoms with van der Waals surface area (Å²) in [5, 5.41) is 1.14. The van der Waals surface area contributed by atoms with Gasteiger partial charge in [0.1, 0.15) is 12.1 Å². The molecule has 2 aromatic rings. The topological polar surface area (TPSA) is 58.3 Å². The van der Waals surface area contributed by atoms with Crippen LogP contribution >= 0.6 is 0 Å². The van der Waals surface area contributed by atoms with Crippen molar-refractivity contribution in [3.63, 3.8) is 0 Å². The van der Waals surface area contributed by atoms with Crippen LogP contribution in [-0.4, -0.2) is 54.1 Å². The van der Waals surface area contributed by atoms with Gasteiger partial charge in [-0.1, -0.05) is 19.1 Å². The number of aromatic nitrogens is 2. The van der Waals surface area contributed by atoms with Crippen LogP contribution in [0.15, 0.2) is 30.6 Å². The molecule has 0 amide bonds. The average Bonchev–Trinajstić information content (AvgIpc) is 2.55. The molecule has 1 saturated heterocycles. The summed E-state index contributed by atoms with van der Waals surface area (Å²) in [5.41, 5.74) is 6.73.